The maximum atomic E-state index is 13.7. The number of benzene rings is 1. The fourth-order valence-electron chi connectivity index (χ4n) is 1.95. The zero-order valence-corrected chi connectivity index (χ0v) is 12.2. The molecule has 0 aliphatic heterocycles. The van der Waals surface area contributed by atoms with E-state index in [9.17, 15) is 14.0 Å². The van der Waals surface area contributed by atoms with Gasteiger partial charge in [0.2, 0.25) is 0 Å². The van der Waals surface area contributed by atoms with E-state index in [4.69, 9.17) is 5.11 Å². The molecule has 0 fully saturated rings. The molecule has 0 saturated carbocycles. The minimum absolute atomic E-state index is 0.0233. The van der Waals surface area contributed by atoms with Crippen molar-refractivity contribution in [2.45, 2.75) is 19.9 Å². The Morgan fingerprint density at radius 2 is 1.95 bits per heavy atom. The molecular formula is C15H16FN3O3. The summed E-state index contributed by atoms with van der Waals surface area (Å²) in [7, 11) is 0. The summed E-state index contributed by atoms with van der Waals surface area (Å²) in [6.45, 7) is 3.38. The highest BCUT2D eigenvalue weighted by atomic mass is 19.1. The van der Waals surface area contributed by atoms with Crippen LogP contribution in [0.4, 0.5) is 4.39 Å². The monoisotopic (exact) mass is 305 g/mol. The summed E-state index contributed by atoms with van der Waals surface area (Å²) in [6.07, 6.45) is 1.44. The van der Waals surface area contributed by atoms with Gasteiger partial charge in [-0.1, -0.05) is 26.0 Å². The summed E-state index contributed by atoms with van der Waals surface area (Å²) in [6, 6.07) is 6.41. The number of hydrogen-bond donors (Lipinski definition) is 2. The fourth-order valence-corrected chi connectivity index (χ4v) is 1.95. The third kappa shape index (κ3) is 3.30. The van der Waals surface area contributed by atoms with Gasteiger partial charge in [-0.05, 0) is 24.1 Å². The Morgan fingerprint density at radius 3 is 2.55 bits per heavy atom. The Kier molecular flexibility index (Phi) is 4.55. The van der Waals surface area contributed by atoms with Crippen molar-refractivity contribution in [2.24, 2.45) is 5.92 Å². The Labute approximate surface area is 126 Å². The molecule has 116 valence electrons. The molecule has 0 bridgehead atoms. The number of rotatable bonds is 5. The molecule has 1 aromatic heterocycles. The lowest BCUT2D eigenvalue weighted by Gasteiger charge is -2.16. The first kappa shape index (κ1) is 15.7. The molecule has 6 nitrogen and oxygen atoms in total. The van der Waals surface area contributed by atoms with Gasteiger partial charge in [-0.15, -0.1) is 0 Å². The molecule has 2 N–H and O–H groups in total. The molecule has 0 spiro atoms. The van der Waals surface area contributed by atoms with Gasteiger partial charge in [-0.3, -0.25) is 4.79 Å². The first-order valence-electron chi connectivity index (χ1n) is 6.74. The zero-order chi connectivity index (χ0) is 16.3. The number of carbonyl (C=O) groups excluding carboxylic acids is 1. The third-order valence-corrected chi connectivity index (χ3v) is 3.14. The molecule has 1 aromatic carbocycles. The summed E-state index contributed by atoms with van der Waals surface area (Å²) in [5, 5.41) is 15.5. The largest absolute Gasteiger partial charge is 0.480 e. The lowest BCUT2D eigenvalue weighted by molar-refractivity contribution is -0.140. The van der Waals surface area contributed by atoms with Gasteiger partial charge in [0.05, 0.1) is 0 Å². The van der Waals surface area contributed by atoms with E-state index in [1.165, 1.54) is 29.1 Å². The Balaban J connectivity index is 2.19. The van der Waals surface area contributed by atoms with Crippen molar-refractivity contribution in [1.82, 2.24) is 15.1 Å². The van der Waals surface area contributed by atoms with Crippen LogP contribution >= 0.6 is 0 Å². The first-order valence-corrected chi connectivity index (χ1v) is 6.74. The summed E-state index contributed by atoms with van der Waals surface area (Å²) in [5.41, 5.74) is 0.232. The maximum Gasteiger partial charge on any atom is 0.326 e. The van der Waals surface area contributed by atoms with Gasteiger partial charge in [0, 0.05) is 6.20 Å². The number of carboxylic acid groups (broad SMARTS) is 1. The highest BCUT2D eigenvalue weighted by Crippen LogP contribution is 2.12. The lowest BCUT2D eigenvalue weighted by atomic mass is 10.0. The highest BCUT2D eigenvalue weighted by molar-refractivity contribution is 5.95. The fraction of sp³-hybridized carbons (Fsp3) is 0.267. The van der Waals surface area contributed by atoms with E-state index in [0.29, 0.717) is 0 Å². The summed E-state index contributed by atoms with van der Waals surface area (Å²) in [4.78, 5) is 23.1. The molecule has 7 heteroatoms. The van der Waals surface area contributed by atoms with Crippen LogP contribution in [0.25, 0.3) is 5.69 Å². The third-order valence-electron chi connectivity index (χ3n) is 3.14. The van der Waals surface area contributed by atoms with Crippen LogP contribution < -0.4 is 5.32 Å². The molecule has 0 unspecified atom stereocenters. The van der Waals surface area contributed by atoms with Crippen molar-refractivity contribution < 1.29 is 19.1 Å². The van der Waals surface area contributed by atoms with Crippen LogP contribution in [0.5, 0.6) is 0 Å². The average molecular weight is 305 g/mol. The second kappa shape index (κ2) is 6.38. The Bertz CT molecular complexity index is 697. The summed E-state index contributed by atoms with van der Waals surface area (Å²) in [5.74, 6) is -2.47. The molecule has 0 aliphatic rings. The normalized spacial score (nSPS) is 12.2. The van der Waals surface area contributed by atoms with Gasteiger partial charge in [-0.25, -0.2) is 13.9 Å². The van der Waals surface area contributed by atoms with E-state index in [1.54, 1.807) is 26.0 Å². The van der Waals surface area contributed by atoms with E-state index in [0.717, 1.165) is 0 Å². The number of carbonyl (C=O) groups is 2. The topological polar surface area (TPSA) is 84.2 Å². The maximum absolute atomic E-state index is 13.7. The smallest absolute Gasteiger partial charge is 0.326 e. The van der Waals surface area contributed by atoms with Crippen molar-refractivity contribution in [3.8, 4) is 5.69 Å². The Morgan fingerprint density at radius 1 is 1.27 bits per heavy atom. The minimum Gasteiger partial charge on any atom is -0.480 e. The van der Waals surface area contributed by atoms with Crippen LogP contribution in [-0.2, 0) is 4.79 Å². The average Bonchev–Trinajstić information content (AvgIpc) is 2.94. The number of aliphatic carboxylic acids is 1. The second-order valence-electron chi connectivity index (χ2n) is 5.13. The number of aromatic nitrogens is 2. The minimum atomic E-state index is -1.11. The molecule has 1 heterocycles. The summed E-state index contributed by atoms with van der Waals surface area (Å²) < 4.78 is 14.9. The van der Waals surface area contributed by atoms with Crippen LogP contribution in [0.15, 0.2) is 36.5 Å². The number of carboxylic acids is 1. The van der Waals surface area contributed by atoms with Gasteiger partial charge in [0.1, 0.15) is 17.5 Å². The number of nitrogens with zero attached hydrogens (tertiary/aromatic N) is 2. The number of halogens is 1. The molecule has 0 radical (unpaired) electrons. The molecule has 2 aromatic rings. The molecule has 1 atom stereocenters. The lowest BCUT2D eigenvalue weighted by Crippen LogP contribution is -2.44. The quantitative estimate of drug-likeness (QED) is 0.883. The first-order chi connectivity index (χ1) is 10.4. The standard InChI is InChI=1S/C15H16FN3O3/c1-9(2)13(15(21)22)17-14(20)11-7-8-19(18-11)12-6-4-3-5-10(12)16/h3-9,13H,1-2H3,(H,17,20)(H,21,22)/t13-/m1/s1. The number of nitrogens with one attached hydrogen (secondary N) is 1. The van der Waals surface area contributed by atoms with Crippen molar-refractivity contribution in [1.29, 1.82) is 0 Å². The highest BCUT2D eigenvalue weighted by Gasteiger charge is 2.25. The molecule has 1 amide bonds. The van der Waals surface area contributed by atoms with E-state index < -0.39 is 23.7 Å². The number of hydrogen-bond acceptors (Lipinski definition) is 3. The van der Waals surface area contributed by atoms with Crippen molar-refractivity contribution in [2.75, 3.05) is 0 Å². The van der Waals surface area contributed by atoms with E-state index in [-0.39, 0.29) is 17.3 Å². The molecule has 22 heavy (non-hydrogen) atoms. The zero-order valence-electron chi connectivity index (χ0n) is 12.2. The van der Waals surface area contributed by atoms with Gasteiger partial charge >= 0.3 is 5.97 Å². The van der Waals surface area contributed by atoms with E-state index in [2.05, 4.69) is 10.4 Å². The predicted molar refractivity (Wildman–Crippen MR) is 77.3 cm³/mol. The van der Waals surface area contributed by atoms with Crippen LogP contribution in [0.3, 0.4) is 0 Å². The van der Waals surface area contributed by atoms with Crippen LogP contribution in [0.1, 0.15) is 24.3 Å². The number of para-hydroxylation sites is 1. The van der Waals surface area contributed by atoms with Gasteiger partial charge in [0.15, 0.2) is 5.69 Å². The van der Waals surface area contributed by atoms with Crippen LogP contribution in [-0.4, -0.2) is 32.8 Å². The van der Waals surface area contributed by atoms with E-state index >= 15 is 0 Å². The van der Waals surface area contributed by atoms with Crippen molar-refractivity contribution >= 4 is 11.9 Å². The van der Waals surface area contributed by atoms with E-state index in [1.807, 2.05) is 0 Å². The molecule has 0 aliphatic carbocycles. The van der Waals surface area contributed by atoms with Gasteiger partial charge in [-0.2, -0.15) is 5.10 Å². The summed E-state index contributed by atoms with van der Waals surface area (Å²) >= 11 is 0. The number of amides is 1. The molecule has 2 rings (SSSR count). The SMILES string of the molecule is CC(C)[C@@H](NC(=O)c1ccn(-c2ccccc2F)n1)C(=O)O. The van der Waals surface area contributed by atoms with Crippen LogP contribution in [0.2, 0.25) is 0 Å². The predicted octanol–water partition coefficient (Wildman–Crippen LogP) is 1.85. The second-order valence-corrected chi connectivity index (χ2v) is 5.13. The van der Waals surface area contributed by atoms with Gasteiger partial charge < -0.3 is 10.4 Å². The van der Waals surface area contributed by atoms with Crippen molar-refractivity contribution in [3.05, 3.63) is 48.0 Å². The van der Waals surface area contributed by atoms with Crippen molar-refractivity contribution in [3.63, 3.8) is 0 Å². The molecule has 0 saturated heterocycles. The van der Waals surface area contributed by atoms with Crippen LogP contribution in [0, 0.1) is 11.7 Å². The molecular weight excluding hydrogens is 289 g/mol. The Hall–Kier alpha value is -2.70. The van der Waals surface area contributed by atoms with Gasteiger partial charge in [0.25, 0.3) is 5.91 Å².